The van der Waals surface area contributed by atoms with Crippen LogP contribution in [0.1, 0.15) is 107 Å². The second-order valence-corrected chi connectivity index (χ2v) is 28.2. The van der Waals surface area contributed by atoms with Crippen LogP contribution >= 0.6 is 0 Å². The molecule has 0 aromatic carbocycles. The molecule has 16 N–H and O–H groups in total. The van der Waals surface area contributed by atoms with Gasteiger partial charge in [0.05, 0.1) is 43.0 Å². The first-order chi connectivity index (χ1) is 40.5. The summed E-state index contributed by atoms with van der Waals surface area (Å²) in [4.78, 5) is 41.4. The molecule has 0 amide bonds. The molecule has 5 saturated heterocycles. The summed E-state index contributed by atoms with van der Waals surface area (Å²) in [5, 5.41) is 177. The Balaban J connectivity index is 0.917. The number of aliphatic carboxylic acids is 2. The lowest BCUT2D eigenvalue weighted by Gasteiger charge is -2.71. The molecule has 10 rings (SSSR count). The van der Waals surface area contributed by atoms with E-state index in [-0.39, 0.29) is 31.6 Å². The van der Waals surface area contributed by atoms with Crippen molar-refractivity contribution in [1.82, 2.24) is 0 Å². The van der Waals surface area contributed by atoms with Gasteiger partial charge in [-0.15, -0.1) is 0 Å². The largest absolute Gasteiger partial charge is 0.481 e. The van der Waals surface area contributed by atoms with Crippen molar-refractivity contribution in [2.45, 2.75) is 266 Å². The smallest absolute Gasteiger partial charge is 0.335 e. The minimum Gasteiger partial charge on any atom is -0.481 e. The van der Waals surface area contributed by atoms with Crippen molar-refractivity contribution >= 4 is 17.9 Å². The monoisotopic (exact) mass is 1250 g/mol. The van der Waals surface area contributed by atoms with Crippen molar-refractivity contribution in [3.05, 3.63) is 11.6 Å². The topological polar surface area (TPSA) is 467 Å². The summed E-state index contributed by atoms with van der Waals surface area (Å²) in [5.74, 6) is -5.74. The molecule has 5 heterocycles. The predicted octanol–water partition coefficient (Wildman–Crippen LogP) is -3.78. The average molecular weight is 1250 g/mol. The van der Waals surface area contributed by atoms with Crippen molar-refractivity contribution in [3.63, 3.8) is 0 Å². The zero-order chi connectivity index (χ0) is 63.9. The molecule has 0 aromatic rings. The van der Waals surface area contributed by atoms with Gasteiger partial charge in [0, 0.05) is 0 Å². The van der Waals surface area contributed by atoms with Gasteiger partial charge < -0.3 is 129 Å². The van der Waals surface area contributed by atoms with E-state index in [0.717, 1.165) is 5.57 Å². The lowest BCUT2D eigenvalue weighted by molar-refractivity contribution is -0.388. The number of aliphatic hydroxyl groups is 14. The van der Waals surface area contributed by atoms with Crippen molar-refractivity contribution in [2.75, 3.05) is 13.2 Å². The van der Waals surface area contributed by atoms with Crippen LogP contribution in [0.4, 0.5) is 0 Å². The molecule has 0 bridgehead atoms. The maximum atomic E-state index is 15.7. The Labute approximate surface area is 501 Å². The van der Waals surface area contributed by atoms with Crippen LogP contribution in [0.15, 0.2) is 11.6 Å². The number of rotatable bonds is 12. The van der Waals surface area contributed by atoms with E-state index in [9.17, 15) is 91.3 Å². The fourth-order valence-electron chi connectivity index (χ4n) is 17.5. The van der Waals surface area contributed by atoms with Gasteiger partial charge in [0.25, 0.3) is 0 Å². The molecule has 9 fully saturated rings. The molecular formula is C58H90O29. The predicted molar refractivity (Wildman–Crippen MR) is 286 cm³/mol. The molecule has 10 aliphatic rings. The van der Waals surface area contributed by atoms with Crippen molar-refractivity contribution in [2.24, 2.45) is 50.2 Å². The van der Waals surface area contributed by atoms with Crippen LogP contribution in [0, 0.1) is 50.2 Å². The van der Waals surface area contributed by atoms with Crippen LogP contribution in [-0.2, 0) is 61.8 Å². The van der Waals surface area contributed by atoms with Gasteiger partial charge in [-0.25, -0.2) is 4.79 Å². The number of allylic oxidation sites excluding steroid dienone is 2. The first kappa shape index (κ1) is 67.1. The maximum Gasteiger partial charge on any atom is 0.335 e. The number of hydrogen-bond donors (Lipinski definition) is 16. The van der Waals surface area contributed by atoms with Crippen molar-refractivity contribution in [1.29, 1.82) is 0 Å². The van der Waals surface area contributed by atoms with Gasteiger partial charge in [0.1, 0.15) is 97.0 Å². The van der Waals surface area contributed by atoms with E-state index in [1.807, 2.05) is 13.8 Å². The summed E-state index contributed by atoms with van der Waals surface area (Å²) >= 11 is 0. The summed E-state index contributed by atoms with van der Waals surface area (Å²) in [7, 11) is 0. The highest BCUT2D eigenvalue weighted by Gasteiger charge is 2.74. The van der Waals surface area contributed by atoms with E-state index in [4.69, 9.17) is 47.4 Å². The Morgan fingerprint density at radius 2 is 1.09 bits per heavy atom. The molecule has 0 radical (unpaired) electrons. The van der Waals surface area contributed by atoms with Crippen molar-refractivity contribution in [3.8, 4) is 0 Å². The Hall–Kier alpha value is -2.77. The molecule has 5 aliphatic carbocycles. The summed E-state index contributed by atoms with van der Waals surface area (Å²) in [5.41, 5.74) is -5.70. The van der Waals surface area contributed by atoms with Gasteiger partial charge in [-0.3, -0.25) is 9.59 Å². The highest BCUT2D eigenvalue weighted by atomic mass is 16.8. The molecule has 34 atom stereocenters. The molecule has 34 unspecified atom stereocenters. The minimum absolute atomic E-state index is 0.00646. The number of carbonyl (C=O) groups excluding carboxylic acids is 1. The van der Waals surface area contributed by atoms with Gasteiger partial charge in [-0.1, -0.05) is 46.3 Å². The van der Waals surface area contributed by atoms with Crippen LogP contribution in [0.3, 0.4) is 0 Å². The van der Waals surface area contributed by atoms with Crippen molar-refractivity contribution < 1.29 is 143 Å². The highest BCUT2D eigenvalue weighted by Crippen LogP contribution is 2.76. The number of carbonyl (C=O) groups is 3. The van der Waals surface area contributed by atoms with E-state index in [0.29, 0.717) is 25.7 Å². The van der Waals surface area contributed by atoms with Crippen LogP contribution in [0.5, 0.6) is 0 Å². The molecule has 0 spiro atoms. The molecule has 87 heavy (non-hydrogen) atoms. The number of carboxylic acids is 2. The summed E-state index contributed by atoms with van der Waals surface area (Å²) < 4.78 is 58.9. The fourth-order valence-corrected chi connectivity index (χ4v) is 17.5. The lowest BCUT2D eigenvalue weighted by Crippen LogP contribution is -2.71. The van der Waals surface area contributed by atoms with Crippen LogP contribution in [0.2, 0.25) is 0 Å². The number of carboxylic acid groups (broad SMARTS) is 2. The second-order valence-electron chi connectivity index (χ2n) is 28.2. The lowest BCUT2D eigenvalue weighted by atomic mass is 9.33. The fraction of sp³-hybridized carbons (Fsp3) is 0.914. The second kappa shape index (κ2) is 24.0. The zero-order valence-corrected chi connectivity index (χ0v) is 49.9. The molecule has 29 nitrogen and oxygen atoms in total. The molecule has 0 aromatic heterocycles. The number of aliphatic hydroxyl groups excluding tert-OH is 14. The normalized spacial score (nSPS) is 55.0. The highest BCUT2D eigenvalue weighted by molar-refractivity contribution is 5.80. The first-order valence-corrected chi connectivity index (χ1v) is 30.2. The van der Waals surface area contributed by atoms with E-state index >= 15 is 4.79 Å². The van der Waals surface area contributed by atoms with E-state index in [1.165, 1.54) is 20.8 Å². The van der Waals surface area contributed by atoms with Crippen LogP contribution in [-0.4, -0.2) is 272 Å². The Kier molecular flexibility index (Phi) is 18.5. The summed E-state index contributed by atoms with van der Waals surface area (Å²) in [6.45, 7) is 13.3. The minimum atomic E-state index is -2.05. The average Bonchev–Trinajstić information content (AvgIpc) is 0.689. The first-order valence-electron chi connectivity index (χ1n) is 30.2. The maximum absolute atomic E-state index is 15.7. The molecule has 496 valence electrons. The Morgan fingerprint density at radius 1 is 0.529 bits per heavy atom. The van der Waals surface area contributed by atoms with Gasteiger partial charge in [-0.05, 0) is 112 Å². The van der Waals surface area contributed by atoms with Gasteiger partial charge in [-0.2, -0.15) is 0 Å². The van der Waals surface area contributed by atoms with E-state index < -0.39 is 235 Å². The summed E-state index contributed by atoms with van der Waals surface area (Å²) in [6, 6.07) is 0. The standard InChI is InChI=1S/C58H90O29/c1-20-30(63)34(67)42(84-47-39(72)40(26(61)19-79-47)82-46-37(70)32(65)25(60)18-78-46)49(80-20)85-43-35(68)31(64)21(2)81-50(43)87-52(77)58-14-13-53(3,4)15-23(58)22-9-10-27-54(5)16-24(59)44(86-48-38(71)33(66)36(69)41(83-48)45(73)74)57(8,51(75)76)28(54)11-12-55(27,6)56(22,7)17-29(58)62/h9,20-21,23-44,46-50,59-72H,10-19H2,1-8H3,(H,73,74)(H,75,76). The van der Waals surface area contributed by atoms with E-state index in [2.05, 4.69) is 26.8 Å². The zero-order valence-electron chi connectivity index (χ0n) is 49.9. The quantitative estimate of drug-likeness (QED) is 0.0506. The number of hydrogen-bond acceptors (Lipinski definition) is 27. The number of esters is 1. The van der Waals surface area contributed by atoms with Gasteiger partial charge in [0.15, 0.2) is 37.4 Å². The van der Waals surface area contributed by atoms with Gasteiger partial charge in [0.2, 0.25) is 6.29 Å². The molecule has 4 saturated carbocycles. The number of ether oxygens (including phenoxy) is 10. The Bertz CT molecular complexity index is 2560. The van der Waals surface area contributed by atoms with Crippen LogP contribution in [0.25, 0.3) is 0 Å². The SMILES string of the molecule is CC1OC(OC2C(OC(=O)C34CCC(C)(C)CC3C3=CCC5C6(C)CC(O)C(OC7OC(C(=O)O)C(O)C(O)C7O)C(C)(C(=O)O)C6CCC5(C)C3(C)CC4O)OC(C)C(O)C2O)C(OC2OCC(O)C(OC3OCC(O)C(O)C3O)C2O)C(O)C1O. The van der Waals surface area contributed by atoms with Crippen LogP contribution < -0.4 is 0 Å². The third-order valence-corrected chi connectivity index (χ3v) is 22.7. The summed E-state index contributed by atoms with van der Waals surface area (Å²) in [6.07, 6.45) is -41.4. The van der Waals surface area contributed by atoms with E-state index in [1.54, 1.807) is 0 Å². The third-order valence-electron chi connectivity index (χ3n) is 22.7. The third kappa shape index (κ3) is 10.8. The Morgan fingerprint density at radius 3 is 1.71 bits per heavy atom. The van der Waals surface area contributed by atoms with Gasteiger partial charge >= 0.3 is 17.9 Å². The molecule has 29 heteroatoms. The molecule has 5 aliphatic heterocycles. The molecular weight excluding hydrogens is 1160 g/mol. The number of fused-ring (bicyclic) bond motifs is 7.